The zero-order valence-corrected chi connectivity index (χ0v) is 12.0. The summed E-state index contributed by atoms with van der Waals surface area (Å²) in [5.74, 6) is -0.819. The van der Waals surface area contributed by atoms with E-state index < -0.39 is 0 Å². The zero-order chi connectivity index (χ0) is 15.9. The standard InChI is InChI=1S/C17H15FN2O2/c1-12(21)19-15-3-2-4-16(11-15)20-17(22)10-7-13-5-8-14(18)9-6-13/h2-11H,1H3,(H,19,21)(H,20,22). The molecule has 2 amide bonds. The summed E-state index contributed by atoms with van der Waals surface area (Å²) in [5.41, 5.74) is 1.90. The third-order valence-electron chi connectivity index (χ3n) is 2.75. The second-order valence-electron chi connectivity index (χ2n) is 4.64. The molecular weight excluding hydrogens is 283 g/mol. The van der Waals surface area contributed by atoms with Crippen molar-refractivity contribution in [2.45, 2.75) is 6.92 Å². The number of nitrogens with one attached hydrogen (secondary N) is 2. The summed E-state index contributed by atoms with van der Waals surface area (Å²) in [7, 11) is 0. The number of hydrogen-bond acceptors (Lipinski definition) is 2. The molecule has 112 valence electrons. The van der Waals surface area contributed by atoms with E-state index in [1.165, 1.54) is 25.1 Å². The smallest absolute Gasteiger partial charge is 0.248 e. The molecule has 0 aliphatic carbocycles. The molecule has 0 spiro atoms. The van der Waals surface area contributed by atoms with Gasteiger partial charge in [0.15, 0.2) is 0 Å². The summed E-state index contributed by atoms with van der Waals surface area (Å²) in [6.07, 6.45) is 2.95. The van der Waals surface area contributed by atoms with Crippen molar-refractivity contribution in [1.29, 1.82) is 0 Å². The minimum Gasteiger partial charge on any atom is -0.326 e. The van der Waals surface area contributed by atoms with Crippen molar-refractivity contribution in [3.63, 3.8) is 0 Å². The zero-order valence-electron chi connectivity index (χ0n) is 12.0. The molecule has 2 aromatic rings. The number of anilines is 2. The molecule has 0 aliphatic heterocycles. The van der Waals surface area contributed by atoms with Crippen LogP contribution in [0.5, 0.6) is 0 Å². The van der Waals surface area contributed by atoms with Gasteiger partial charge in [-0.1, -0.05) is 18.2 Å². The maximum atomic E-state index is 12.8. The highest BCUT2D eigenvalue weighted by Gasteiger charge is 2.00. The van der Waals surface area contributed by atoms with E-state index in [1.54, 1.807) is 42.5 Å². The predicted molar refractivity (Wildman–Crippen MR) is 84.8 cm³/mol. The molecule has 0 radical (unpaired) electrons. The van der Waals surface area contributed by atoms with Crippen molar-refractivity contribution in [2.75, 3.05) is 10.6 Å². The lowest BCUT2D eigenvalue weighted by molar-refractivity contribution is -0.114. The topological polar surface area (TPSA) is 58.2 Å². The molecule has 0 fully saturated rings. The highest BCUT2D eigenvalue weighted by atomic mass is 19.1. The molecule has 0 saturated carbocycles. The lowest BCUT2D eigenvalue weighted by atomic mass is 10.2. The van der Waals surface area contributed by atoms with Crippen molar-refractivity contribution in [1.82, 2.24) is 0 Å². The molecule has 4 nitrogen and oxygen atoms in total. The number of carbonyl (C=O) groups is 2. The van der Waals surface area contributed by atoms with Crippen LogP contribution in [0.2, 0.25) is 0 Å². The van der Waals surface area contributed by atoms with E-state index in [0.717, 1.165) is 5.56 Å². The lowest BCUT2D eigenvalue weighted by Crippen LogP contribution is -2.09. The highest BCUT2D eigenvalue weighted by Crippen LogP contribution is 2.15. The molecule has 22 heavy (non-hydrogen) atoms. The fraction of sp³-hybridized carbons (Fsp3) is 0.0588. The molecule has 2 rings (SSSR count). The van der Waals surface area contributed by atoms with Gasteiger partial charge in [0.2, 0.25) is 11.8 Å². The Bertz CT molecular complexity index is 709. The van der Waals surface area contributed by atoms with E-state index in [2.05, 4.69) is 10.6 Å². The quantitative estimate of drug-likeness (QED) is 0.850. The van der Waals surface area contributed by atoms with Gasteiger partial charge in [-0.2, -0.15) is 0 Å². The molecule has 5 heteroatoms. The number of carbonyl (C=O) groups excluding carboxylic acids is 2. The Morgan fingerprint density at radius 1 is 1.00 bits per heavy atom. The second kappa shape index (κ2) is 7.17. The van der Waals surface area contributed by atoms with E-state index in [4.69, 9.17) is 0 Å². The summed E-state index contributed by atoms with van der Waals surface area (Å²) in [5, 5.41) is 5.32. The molecule has 0 unspecified atom stereocenters. The van der Waals surface area contributed by atoms with Gasteiger partial charge in [0.25, 0.3) is 0 Å². The van der Waals surface area contributed by atoms with Crippen molar-refractivity contribution in [2.24, 2.45) is 0 Å². The Morgan fingerprint density at radius 2 is 1.64 bits per heavy atom. The van der Waals surface area contributed by atoms with Gasteiger partial charge < -0.3 is 10.6 Å². The Balaban J connectivity index is 1.99. The van der Waals surface area contributed by atoms with E-state index in [9.17, 15) is 14.0 Å². The van der Waals surface area contributed by atoms with Crippen molar-refractivity contribution >= 4 is 29.3 Å². The lowest BCUT2D eigenvalue weighted by Gasteiger charge is -2.06. The average molecular weight is 298 g/mol. The number of hydrogen-bond donors (Lipinski definition) is 2. The van der Waals surface area contributed by atoms with Gasteiger partial charge in [0.1, 0.15) is 5.82 Å². The van der Waals surface area contributed by atoms with Crippen LogP contribution in [0.1, 0.15) is 12.5 Å². The summed E-state index contributed by atoms with van der Waals surface area (Å²) >= 11 is 0. The fourth-order valence-corrected chi connectivity index (χ4v) is 1.81. The first-order valence-corrected chi connectivity index (χ1v) is 6.65. The Kier molecular flexibility index (Phi) is 5.03. The minimum atomic E-state index is -0.323. The van der Waals surface area contributed by atoms with Gasteiger partial charge in [-0.25, -0.2) is 4.39 Å². The second-order valence-corrected chi connectivity index (χ2v) is 4.64. The molecule has 0 bridgehead atoms. The van der Waals surface area contributed by atoms with E-state index >= 15 is 0 Å². The van der Waals surface area contributed by atoms with Crippen molar-refractivity contribution < 1.29 is 14.0 Å². The van der Waals surface area contributed by atoms with Gasteiger partial charge in [0.05, 0.1) is 0 Å². The molecular formula is C17H15FN2O2. The molecule has 2 aromatic carbocycles. The van der Waals surface area contributed by atoms with Gasteiger partial charge in [0, 0.05) is 24.4 Å². The molecule has 0 aliphatic rings. The number of halogens is 1. The van der Waals surface area contributed by atoms with Crippen LogP contribution in [0.4, 0.5) is 15.8 Å². The van der Waals surface area contributed by atoms with E-state index in [1.807, 2.05) is 0 Å². The predicted octanol–water partition coefficient (Wildman–Crippen LogP) is 3.44. The minimum absolute atomic E-state index is 0.181. The Morgan fingerprint density at radius 3 is 2.27 bits per heavy atom. The van der Waals surface area contributed by atoms with Crippen molar-refractivity contribution in [3.05, 3.63) is 66.0 Å². The molecule has 0 heterocycles. The van der Waals surface area contributed by atoms with Crippen LogP contribution in [0.15, 0.2) is 54.6 Å². The van der Waals surface area contributed by atoms with Crippen molar-refractivity contribution in [3.8, 4) is 0 Å². The van der Waals surface area contributed by atoms with E-state index in [-0.39, 0.29) is 17.6 Å². The number of amides is 2. The van der Waals surface area contributed by atoms with Crippen LogP contribution in [0.25, 0.3) is 6.08 Å². The van der Waals surface area contributed by atoms with Crippen LogP contribution in [-0.4, -0.2) is 11.8 Å². The maximum absolute atomic E-state index is 12.8. The SMILES string of the molecule is CC(=O)Nc1cccc(NC(=O)C=Cc2ccc(F)cc2)c1. The van der Waals surface area contributed by atoms with E-state index in [0.29, 0.717) is 11.4 Å². The van der Waals surface area contributed by atoms with Gasteiger partial charge in [-0.15, -0.1) is 0 Å². The summed E-state index contributed by atoms with van der Waals surface area (Å²) in [6.45, 7) is 1.41. The summed E-state index contributed by atoms with van der Waals surface area (Å²) in [4.78, 5) is 22.8. The number of rotatable bonds is 4. The maximum Gasteiger partial charge on any atom is 0.248 e. The third kappa shape index (κ3) is 4.86. The summed E-state index contributed by atoms with van der Waals surface area (Å²) in [6, 6.07) is 12.6. The first-order valence-electron chi connectivity index (χ1n) is 6.65. The van der Waals surface area contributed by atoms with Gasteiger partial charge >= 0.3 is 0 Å². The average Bonchev–Trinajstić information content (AvgIpc) is 2.46. The number of benzene rings is 2. The first-order chi connectivity index (χ1) is 10.5. The fourth-order valence-electron chi connectivity index (χ4n) is 1.81. The first kappa shape index (κ1) is 15.4. The molecule has 2 N–H and O–H groups in total. The monoisotopic (exact) mass is 298 g/mol. The van der Waals surface area contributed by atoms with Crippen LogP contribution >= 0.6 is 0 Å². The van der Waals surface area contributed by atoms with Gasteiger partial charge in [-0.05, 0) is 42.0 Å². The third-order valence-corrected chi connectivity index (χ3v) is 2.75. The Hall–Kier alpha value is -2.95. The molecule has 0 aromatic heterocycles. The van der Waals surface area contributed by atoms with Crippen LogP contribution in [0.3, 0.4) is 0 Å². The largest absolute Gasteiger partial charge is 0.326 e. The van der Waals surface area contributed by atoms with Crippen LogP contribution < -0.4 is 10.6 Å². The molecule has 0 atom stereocenters. The van der Waals surface area contributed by atoms with Gasteiger partial charge in [-0.3, -0.25) is 9.59 Å². The highest BCUT2D eigenvalue weighted by molar-refractivity contribution is 6.02. The summed E-state index contributed by atoms with van der Waals surface area (Å²) < 4.78 is 12.8. The van der Waals surface area contributed by atoms with Crippen LogP contribution in [0, 0.1) is 5.82 Å². The Labute approximate surface area is 127 Å². The normalized spacial score (nSPS) is 10.5. The van der Waals surface area contributed by atoms with Crippen LogP contribution in [-0.2, 0) is 9.59 Å². The molecule has 0 saturated heterocycles.